The molecule has 2 aromatic carbocycles. The van der Waals surface area contributed by atoms with Crippen LogP contribution < -0.4 is 15.4 Å². The third kappa shape index (κ3) is 10.9. The van der Waals surface area contributed by atoms with Crippen LogP contribution in [-0.4, -0.2) is 47.9 Å². The zero-order valence-corrected chi connectivity index (χ0v) is 24.7. The maximum atomic E-state index is 13.6. The second-order valence-electron chi connectivity index (χ2n) is 11.9. The highest BCUT2D eigenvalue weighted by atomic mass is 16.5. The minimum absolute atomic E-state index is 0.0949. The molecular formula is C32H49N3O3. The van der Waals surface area contributed by atoms with E-state index in [1.165, 1.54) is 0 Å². The number of likely N-dealkylation sites (N-methyl/N-ethyl adjacent to an activating group) is 1. The van der Waals surface area contributed by atoms with E-state index in [0.29, 0.717) is 18.9 Å². The average Bonchev–Trinajstić information content (AvgIpc) is 2.86. The van der Waals surface area contributed by atoms with Crippen LogP contribution >= 0.6 is 0 Å². The third-order valence-electron chi connectivity index (χ3n) is 6.73. The van der Waals surface area contributed by atoms with Crippen molar-refractivity contribution < 1.29 is 14.3 Å². The van der Waals surface area contributed by atoms with E-state index in [-0.39, 0.29) is 23.8 Å². The number of hydrogen-bond donors (Lipinski definition) is 2. The Balaban J connectivity index is 2.16. The minimum atomic E-state index is -0.678. The molecule has 3 atom stereocenters. The molecule has 0 saturated carbocycles. The fourth-order valence-corrected chi connectivity index (χ4v) is 4.34. The smallest absolute Gasteiger partial charge is 0.243 e. The normalized spacial score (nSPS) is 14.2. The molecular weight excluding hydrogens is 474 g/mol. The maximum absolute atomic E-state index is 13.6. The summed E-state index contributed by atoms with van der Waals surface area (Å²) in [7, 11) is 2.01. The molecule has 6 nitrogen and oxygen atoms in total. The van der Waals surface area contributed by atoms with Crippen molar-refractivity contribution in [1.82, 2.24) is 15.5 Å². The Bertz CT molecular complexity index is 983. The number of hydrogen-bond acceptors (Lipinski definition) is 4. The summed E-state index contributed by atoms with van der Waals surface area (Å²) in [6, 6.07) is 16.8. The lowest BCUT2D eigenvalue weighted by Gasteiger charge is -2.33. The van der Waals surface area contributed by atoms with Gasteiger partial charge in [0.1, 0.15) is 18.4 Å². The molecule has 0 saturated heterocycles. The van der Waals surface area contributed by atoms with Crippen molar-refractivity contribution in [3.63, 3.8) is 0 Å². The number of amides is 2. The number of carbonyl (C=O) groups excluding carboxylic acids is 2. The molecule has 210 valence electrons. The van der Waals surface area contributed by atoms with Crippen molar-refractivity contribution in [1.29, 1.82) is 0 Å². The van der Waals surface area contributed by atoms with Crippen molar-refractivity contribution in [2.24, 2.45) is 11.8 Å². The average molecular weight is 524 g/mol. The summed E-state index contributed by atoms with van der Waals surface area (Å²) in [5, 5.41) is 6.16. The molecule has 2 aromatic rings. The number of nitrogens with one attached hydrogen (secondary N) is 2. The van der Waals surface area contributed by atoms with E-state index in [4.69, 9.17) is 4.74 Å². The number of carbonyl (C=O) groups is 2. The summed E-state index contributed by atoms with van der Waals surface area (Å²) in [6.07, 6.45) is 2.30. The predicted octanol–water partition coefficient (Wildman–Crippen LogP) is 5.60. The number of nitrogens with zero attached hydrogens (tertiary/aromatic N) is 1. The zero-order chi connectivity index (χ0) is 28.3. The van der Waals surface area contributed by atoms with Gasteiger partial charge in [0.2, 0.25) is 11.8 Å². The van der Waals surface area contributed by atoms with E-state index in [1.54, 1.807) is 0 Å². The Hall–Kier alpha value is -2.86. The van der Waals surface area contributed by atoms with Crippen LogP contribution in [0.15, 0.2) is 54.6 Å². The van der Waals surface area contributed by atoms with Gasteiger partial charge in [-0.05, 0) is 75.9 Å². The summed E-state index contributed by atoms with van der Waals surface area (Å²) in [5.74, 6) is 1.22. The lowest BCUT2D eigenvalue weighted by molar-refractivity contribution is -0.133. The van der Waals surface area contributed by atoms with E-state index >= 15 is 0 Å². The van der Waals surface area contributed by atoms with Crippen molar-refractivity contribution in [2.45, 2.75) is 92.0 Å². The van der Waals surface area contributed by atoms with Crippen molar-refractivity contribution in [3.05, 3.63) is 65.7 Å². The lowest BCUT2D eigenvalue weighted by Crippen LogP contribution is -2.57. The van der Waals surface area contributed by atoms with Gasteiger partial charge in [0.25, 0.3) is 0 Å². The van der Waals surface area contributed by atoms with Gasteiger partial charge >= 0.3 is 0 Å². The molecule has 0 aliphatic carbocycles. The number of rotatable bonds is 14. The van der Waals surface area contributed by atoms with Gasteiger partial charge in [0.05, 0.1) is 6.04 Å². The largest absolute Gasteiger partial charge is 0.489 e. The van der Waals surface area contributed by atoms with Crippen LogP contribution in [0.5, 0.6) is 5.75 Å². The van der Waals surface area contributed by atoms with Crippen molar-refractivity contribution in [2.75, 3.05) is 13.6 Å². The van der Waals surface area contributed by atoms with Gasteiger partial charge in [-0.3, -0.25) is 14.5 Å². The maximum Gasteiger partial charge on any atom is 0.243 e. The first kappa shape index (κ1) is 31.4. The van der Waals surface area contributed by atoms with Gasteiger partial charge < -0.3 is 15.4 Å². The summed E-state index contributed by atoms with van der Waals surface area (Å²) in [6.45, 7) is 15.8. The molecule has 1 unspecified atom stereocenters. The second-order valence-corrected chi connectivity index (χ2v) is 11.9. The van der Waals surface area contributed by atoms with Gasteiger partial charge in [-0.1, -0.05) is 76.6 Å². The Kier molecular flexibility index (Phi) is 12.3. The summed E-state index contributed by atoms with van der Waals surface area (Å²) in [4.78, 5) is 29.1. The molecule has 0 aliphatic heterocycles. The van der Waals surface area contributed by atoms with Crippen molar-refractivity contribution >= 4 is 11.8 Å². The lowest BCUT2D eigenvalue weighted by atomic mass is 9.95. The van der Waals surface area contributed by atoms with Gasteiger partial charge in [-0.15, -0.1) is 0 Å². The van der Waals surface area contributed by atoms with Crippen LogP contribution in [0.1, 0.15) is 72.4 Å². The first-order valence-corrected chi connectivity index (χ1v) is 14.0. The highest BCUT2D eigenvalue weighted by Crippen LogP contribution is 2.18. The summed E-state index contributed by atoms with van der Waals surface area (Å²) in [5.41, 5.74) is 1.66. The second kappa shape index (κ2) is 14.9. The molecule has 2 amide bonds. The SMILES string of the molecule is CCC(C)[C@@H](C(=O)N[C@@H](Cc1ccc(OCc2ccccc2)cc1)C(=O)NC(C)(C)C)N(C)CCC(C)C. The van der Waals surface area contributed by atoms with Crippen molar-refractivity contribution in [3.8, 4) is 5.75 Å². The van der Waals surface area contributed by atoms with Crippen LogP contribution in [-0.2, 0) is 22.6 Å². The van der Waals surface area contributed by atoms with Gasteiger partial charge in [0, 0.05) is 12.0 Å². The highest BCUT2D eigenvalue weighted by molar-refractivity contribution is 5.90. The van der Waals surface area contributed by atoms with Crippen LogP contribution in [0.3, 0.4) is 0 Å². The van der Waals surface area contributed by atoms with Gasteiger partial charge in [-0.25, -0.2) is 0 Å². The molecule has 2 N–H and O–H groups in total. The molecule has 0 aliphatic rings. The topological polar surface area (TPSA) is 70.7 Å². The molecule has 0 radical (unpaired) electrons. The van der Waals surface area contributed by atoms with E-state index in [1.807, 2.05) is 82.4 Å². The Labute approximate surface area is 230 Å². The Morgan fingerprint density at radius 3 is 2.11 bits per heavy atom. The number of ether oxygens (including phenoxy) is 1. The fraction of sp³-hybridized carbons (Fsp3) is 0.562. The first-order valence-electron chi connectivity index (χ1n) is 14.0. The van der Waals surface area contributed by atoms with E-state index in [9.17, 15) is 9.59 Å². The quantitative estimate of drug-likeness (QED) is 0.338. The molecule has 0 aromatic heterocycles. The van der Waals surface area contributed by atoms with E-state index in [2.05, 4.69) is 43.2 Å². The molecule has 2 rings (SSSR count). The Morgan fingerprint density at radius 1 is 0.921 bits per heavy atom. The van der Waals surface area contributed by atoms with E-state index in [0.717, 1.165) is 36.3 Å². The monoisotopic (exact) mass is 523 g/mol. The fourth-order valence-electron chi connectivity index (χ4n) is 4.34. The standard InChI is InChI=1S/C32H49N3O3/c1-9-24(4)29(35(8)20-19-23(2)3)31(37)33-28(30(36)34-32(5,6)7)21-25-15-17-27(18-16-25)38-22-26-13-11-10-12-14-26/h10-18,23-24,28-29H,9,19-22H2,1-8H3,(H,33,37)(H,34,36)/t24?,28-,29-/m0/s1. The van der Waals surface area contributed by atoms with Crippen LogP contribution in [0.4, 0.5) is 0 Å². The summed E-state index contributed by atoms with van der Waals surface area (Å²) >= 11 is 0. The van der Waals surface area contributed by atoms with Gasteiger partial charge in [0.15, 0.2) is 0 Å². The molecule has 0 bridgehead atoms. The van der Waals surface area contributed by atoms with Crippen LogP contribution in [0, 0.1) is 11.8 Å². The molecule has 0 spiro atoms. The van der Waals surface area contributed by atoms with Crippen LogP contribution in [0.25, 0.3) is 0 Å². The summed E-state index contributed by atoms with van der Waals surface area (Å²) < 4.78 is 5.91. The van der Waals surface area contributed by atoms with E-state index < -0.39 is 11.6 Å². The van der Waals surface area contributed by atoms with Crippen LogP contribution in [0.2, 0.25) is 0 Å². The molecule has 0 fully saturated rings. The number of benzene rings is 2. The molecule has 0 heterocycles. The third-order valence-corrected chi connectivity index (χ3v) is 6.73. The minimum Gasteiger partial charge on any atom is -0.489 e. The highest BCUT2D eigenvalue weighted by Gasteiger charge is 2.32. The first-order chi connectivity index (χ1) is 17.9. The van der Waals surface area contributed by atoms with Gasteiger partial charge in [-0.2, -0.15) is 0 Å². The predicted molar refractivity (Wildman–Crippen MR) is 156 cm³/mol. The zero-order valence-electron chi connectivity index (χ0n) is 24.7. The molecule has 6 heteroatoms. The Morgan fingerprint density at radius 2 is 1.55 bits per heavy atom. The molecule has 38 heavy (non-hydrogen) atoms.